The standard InChI is InChI=1S/C15H15F3O/c1-10-5-7-11(8-6-10)14(19)12-3-2-4-13(9-12)15(16,17)18/h2-4,7,9-10H,5-6,8H2,1H3. The minimum absolute atomic E-state index is 0.121. The maximum atomic E-state index is 12.6. The van der Waals surface area contributed by atoms with Gasteiger partial charge in [0, 0.05) is 5.56 Å². The second-order valence-electron chi connectivity index (χ2n) is 5.02. The number of carbonyl (C=O) groups is 1. The van der Waals surface area contributed by atoms with E-state index in [9.17, 15) is 18.0 Å². The molecule has 0 saturated heterocycles. The second kappa shape index (κ2) is 5.19. The van der Waals surface area contributed by atoms with Gasteiger partial charge in [0.25, 0.3) is 0 Å². The third-order valence-electron chi connectivity index (χ3n) is 3.42. The van der Waals surface area contributed by atoms with Crippen LogP contribution in [0.4, 0.5) is 13.2 Å². The maximum absolute atomic E-state index is 12.6. The van der Waals surface area contributed by atoms with Gasteiger partial charge < -0.3 is 0 Å². The highest BCUT2D eigenvalue weighted by atomic mass is 19.4. The smallest absolute Gasteiger partial charge is 0.289 e. The Bertz CT molecular complexity index is 514. The van der Waals surface area contributed by atoms with Crippen molar-refractivity contribution in [1.29, 1.82) is 0 Å². The highest BCUT2D eigenvalue weighted by molar-refractivity contribution is 6.08. The van der Waals surface area contributed by atoms with Gasteiger partial charge in [-0.15, -0.1) is 0 Å². The summed E-state index contributed by atoms with van der Waals surface area (Å²) in [5.41, 5.74) is -0.0174. The van der Waals surface area contributed by atoms with Crippen LogP contribution < -0.4 is 0 Å². The van der Waals surface area contributed by atoms with E-state index in [0.717, 1.165) is 25.0 Å². The van der Waals surface area contributed by atoms with E-state index in [4.69, 9.17) is 0 Å². The van der Waals surface area contributed by atoms with E-state index in [0.29, 0.717) is 17.9 Å². The molecule has 1 aliphatic carbocycles. The highest BCUT2D eigenvalue weighted by Crippen LogP contribution is 2.31. The van der Waals surface area contributed by atoms with Crippen molar-refractivity contribution in [3.8, 4) is 0 Å². The van der Waals surface area contributed by atoms with Gasteiger partial charge in [-0.3, -0.25) is 4.79 Å². The summed E-state index contributed by atoms with van der Waals surface area (Å²) in [7, 11) is 0. The SMILES string of the molecule is CC1CC=C(C(=O)c2cccc(C(F)(F)F)c2)CC1. The van der Waals surface area contributed by atoms with Gasteiger partial charge in [-0.2, -0.15) is 13.2 Å². The van der Waals surface area contributed by atoms with Crippen molar-refractivity contribution in [1.82, 2.24) is 0 Å². The number of halogens is 3. The lowest BCUT2D eigenvalue weighted by Crippen LogP contribution is -2.12. The third-order valence-corrected chi connectivity index (χ3v) is 3.42. The third kappa shape index (κ3) is 3.25. The molecule has 0 fully saturated rings. The number of ketones is 1. The largest absolute Gasteiger partial charge is 0.416 e. The maximum Gasteiger partial charge on any atom is 0.416 e. The summed E-state index contributed by atoms with van der Waals surface area (Å²) in [5, 5.41) is 0. The van der Waals surface area contributed by atoms with Crippen LogP contribution in [0.1, 0.15) is 42.1 Å². The van der Waals surface area contributed by atoms with Crippen LogP contribution in [0.15, 0.2) is 35.9 Å². The molecular formula is C15H15F3O. The highest BCUT2D eigenvalue weighted by Gasteiger charge is 2.31. The number of carbonyl (C=O) groups excluding carboxylic acids is 1. The van der Waals surface area contributed by atoms with E-state index in [1.54, 1.807) is 0 Å². The van der Waals surface area contributed by atoms with Gasteiger partial charge in [-0.05, 0) is 42.9 Å². The number of allylic oxidation sites excluding steroid dienone is 2. The Morgan fingerprint density at radius 2 is 2.05 bits per heavy atom. The summed E-state index contributed by atoms with van der Waals surface area (Å²) >= 11 is 0. The van der Waals surface area contributed by atoms with Crippen molar-refractivity contribution in [2.45, 2.75) is 32.4 Å². The quantitative estimate of drug-likeness (QED) is 0.714. The van der Waals surface area contributed by atoms with Crippen LogP contribution in [-0.4, -0.2) is 5.78 Å². The molecule has 1 aliphatic rings. The van der Waals surface area contributed by atoms with Gasteiger partial charge >= 0.3 is 6.18 Å². The van der Waals surface area contributed by atoms with E-state index >= 15 is 0 Å². The molecule has 0 aliphatic heterocycles. The van der Waals surface area contributed by atoms with E-state index in [2.05, 4.69) is 6.92 Å². The molecule has 0 saturated carbocycles. The molecule has 0 spiro atoms. The molecule has 0 bridgehead atoms. The van der Waals surface area contributed by atoms with Crippen molar-refractivity contribution >= 4 is 5.78 Å². The molecule has 4 heteroatoms. The van der Waals surface area contributed by atoms with Crippen molar-refractivity contribution in [2.75, 3.05) is 0 Å². The van der Waals surface area contributed by atoms with Crippen LogP contribution in [0, 0.1) is 5.92 Å². The Morgan fingerprint density at radius 3 is 2.63 bits per heavy atom. The summed E-state index contributed by atoms with van der Waals surface area (Å²) in [6.07, 6.45) is -0.171. The Morgan fingerprint density at radius 1 is 1.32 bits per heavy atom. The van der Waals surface area contributed by atoms with Crippen LogP contribution >= 0.6 is 0 Å². The van der Waals surface area contributed by atoms with Crippen molar-refractivity contribution in [3.63, 3.8) is 0 Å². The van der Waals surface area contributed by atoms with Crippen molar-refractivity contribution in [3.05, 3.63) is 47.0 Å². The fourth-order valence-electron chi connectivity index (χ4n) is 2.19. The lowest BCUT2D eigenvalue weighted by Gasteiger charge is -2.17. The minimum atomic E-state index is -4.41. The zero-order chi connectivity index (χ0) is 14.0. The van der Waals surface area contributed by atoms with Crippen molar-refractivity contribution in [2.24, 2.45) is 5.92 Å². The molecule has 0 radical (unpaired) electrons. The number of hydrogen-bond acceptors (Lipinski definition) is 1. The monoisotopic (exact) mass is 268 g/mol. The normalized spacial score (nSPS) is 20.0. The first-order valence-electron chi connectivity index (χ1n) is 6.29. The average molecular weight is 268 g/mol. The first-order chi connectivity index (χ1) is 8.88. The number of benzene rings is 1. The molecule has 2 rings (SSSR count). The van der Waals surface area contributed by atoms with Gasteiger partial charge in [0.15, 0.2) is 5.78 Å². The van der Waals surface area contributed by atoms with Gasteiger partial charge in [-0.1, -0.05) is 25.1 Å². The molecule has 0 heterocycles. The molecule has 1 atom stereocenters. The zero-order valence-electron chi connectivity index (χ0n) is 10.6. The van der Waals surface area contributed by atoms with E-state index in [-0.39, 0.29) is 11.3 Å². The van der Waals surface area contributed by atoms with Gasteiger partial charge in [0.05, 0.1) is 5.56 Å². The first-order valence-corrected chi connectivity index (χ1v) is 6.29. The lowest BCUT2D eigenvalue weighted by molar-refractivity contribution is -0.137. The van der Waals surface area contributed by atoms with Gasteiger partial charge in [0.2, 0.25) is 0 Å². The Hall–Kier alpha value is -1.58. The van der Waals surface area contributed by atoms with E-state index in [1.165, 1.54) is 12.1 Å². The van der Waals surface area contributed by atoms with Crippen LogP contribution in [0.3, 0.4) is 0 Å². The predicted molar refractivity (Wildman–Crippen MR) is 66.9 cm³/mol. The Balaban J connectivity index is 2.25. The zero-order valence-corrected chi connectivity index (χ0v) is 10.6. The molecule has 1 aromatic carbocycles. The van der Waals surface area contributed by atoms with Gasteiger partial charge in [0.1, 0.15) is 0 Å². The van der Waals surface area contributed by atoms with Crippen LogP contribution in [0.5, 0.6) is 0 Å². The topological polar surface area (TPSA) is 17.1 Å². The molecule has 1 aromatic rings. The number of Topliss-reactive ketones (excluding diaryl/α,β-unsaturated/α-hetero) is 1. The molecule has 19 heavy (non-hydrogen) atoms. The summed E-state index contributed by atoms with van der Waals surface area (Å²) in [6.45, 7) is 2.10. The first kappa shape index (κ1) is 13.8. The van der Waals surface area contributed by atoms with E-state index < -0.39 is 11.7 Å². The number of hydrogen-bond donors (Lipinski definition) is 0. The summed E-state index contributed by atoms with van der Waals surface area (Å²) < 4.78 is 37.8. The molecule has 0 N–H and O–H groups in total. The molecule has 0 amide bonds. The van der Waals surface area contributed by atoms with Gasteiger partial charge in [-0.25, -0.2) is 0 Å². The Labute approximate surface area is 110 Å². The average Bonchev–Trinajstić information content (AvgIpc) is 2.38. The number of alkyl halides is 3. The molecule has 1 unspecified atom stereocenters. The summed E-state index contributed by atoms with van der Waals surface area (Å²) in [6, 6.07) is 4.63. The van der Waals surface area contributed by atoms with E-state index in [1.807, 2.05) is 6.08 Å². The second-order valence-corrected chi connectivity index (χ2v) is 5.02. The number of rotatable bonds is 2. The van der Waals surface area contributed by atoms with Crippen LogP contribution in [0.25, 0.3) is 0 Å². The molecule has 0 aromatic heterocycles. The minimum Gasteiger partial charge on any atom is -0.289 e. The predicted octanol–water partition coefficient (Wildman–Crippen LogP) is 4.63. The molecule has 102 valence electrons. The molecular weight excluding hydrogens is 253 g/mol. The van der Waals surface area contributed by atoms with Crippen LogP contribution in [0.2, 0.25) is 0 Å². The fraction of sp³-hybridized carbons (Fsp3) is 0.400. The summed E-state index contributed by atoms with van der Waals surface area (Å²) in [5.74, 6) is 0.260. The fourth-order valence-corrected chi connectivity index (χ4v) is 2.19. The van der Waals surface area contributed by atoms with Crippen molar-refractivity contribution < 1.29 is 18.0 Å². The van der Waals surface area contributed by atoms with Crippen LogP contribution in [-0.2, 0) is 6.18 Å². The lowest BCUT2D eigenvalue weighted by atomic mass is 9.87. The Kier molecular flexibility index (Phi) is 3.78. The molecule has 1 nitrogen and oxygen atoms in total. The summed E-state index contributed by atoms with van der Waals surface area (Å²) in [4.78, 5) is 12.1.